The monoisotopic (exact) mass is 327 g/mol. The maximum absolute atomic E-state index is 11.7. The summed E-state index contributed by atoms with van der Waals surface area (Å²) < 4.78 is 0. The van der Waals surface area contributed by atoms with Gasteiger partial charge >= 0.3 is 0 Å². The van der Waals surface area contributed by atoms with Crippen LogP contribution in [0, 0.1) is 5.21 Å². The van der Waals surface area contributed by atoms with E-state index in [9.17, 15) is 5.21 Å². The first-order valence-electron chi connectivity index (χ1n) is 10.7. The van der Waals surface area contributed by atoms with E-state index in [0.717, 1.165) is 19.4 Å². The van der Waals surface area contributed by atoms with E-state index < -0.39 is 0 Å². The predicted octanol–water partition coefficient (Wildman–Crippen LogP) is 6.04. The minimum atomic E-state index is 0.298. The normalized spacial score (nSPS) is 14.1. The molecule has 0 spiro atoms. The van der Waals surface area contributed by atoms with Crippen LogP contribution in [-0.2, 0) is 0 Å². The SMILES string of the molecule is CCCCCCCCCCCCCCCCC(C)[NH+]([O-])CCC. The van der Waals surface area contributed by atoms with Crippen molar-refractivity contribution in [2.24, 2.45) is 0 Å². The first-order chi connectivity index (χ1) is 11.2. The lowest BCUT2D eigenvalue weighted by Crippen LogP contribution is -3.10. The Morgan fingerprint density at radius 2 is 1.00 bits per heavy atom. The molecular weight excluding hydrogens is 282 g/mol. The van der Waals surface area contributed by atoms with Crippen LogP contribution in [0.4, 0.5) is 0 Å². The summed E-state index contributed by atoms with van der Waals surface area (Å²) in [5, 5.41) is 12.2. The van der Waals surface area contributed by atoms with Gasteiger partial charge in [-0.25, -0.2) is 0 Å². The molecule has 0 aliphatic rings. The molecule has 140 valence electrons. The standard InChI is InChI=1S/C21H45NO/c1-4-6-7-8-9-10-11-12-13-14-15-16-17-18-19-21(3)22(23)20-5-2/h21-22H,4-20H2,1-3H3. The number of hydrogen-bond acceptors (Lipinski definition) is 1. The van der Waals surface area contributed by atoms with E-state index in [1.807, 2.05) is 0 Å². The number of quaternary nitrogens is 1. The van der Waals surface area contributed by atoms with Crippen molar-refractivity contribution in [2.75, 3.05) is 6.54 Å². The fraction of sp³-hybridized carbons (Fsp3) is 1.00. The van der Waals surface area contributed by atoms with Crippen LogP contribution in [0.25, 0.3) is 0 Å². The highest BCUT2D eigenvalue weighted by molar-refractivity contribution is 4.52. The quantitative estimate of drug-likeness (QED) is 0.241. The van der Waals surface area contributed by atoms with Crippen molar-refractivity contribution in [1.82, 2.24) is 0 Å². The summed E-state index contributed by atoms with van der Waals surface area (Å²) in [6.07, 6.45) is 21.8. The summed E-state index contributed by atoms with van der Waals surface area (Å²) in [7, 11) is 0. The van der Waals surface area contributed by atoms with E-state index in [-0.39, 0.29) is 0 Å². The van der Waals surface area contributed by atoms with Crippen molar-refractivity contribution in [2.45, 2.75) is 130 Å². The van der Waals surface area contributed by atoms with E-state index in [2.05, 4.69) is 20.8 Å². The van der Waals surface area contributed by atoms with Crippen molar-refractivity contribution >= 4 is 0 Å². The van der Waals surface area contributed by atoms with Gasteiger partial charge in [-0.15, -0.1) is 0 Å². The topological polar surface area (TPSA) is 27.5 Å². The second kappa shape index (κ2) is 18.3. The molecular formula is C21H45NO. The molecule has 0 heterocycles. The molecule has 0 aromatic heterocycles. The van der Waals surface area contributed by atoms with Crippen LogP contribution < -0.4 is 5.06 Å². The Labute approximate surface area is 147 Å². The van der Waals surface area contributed by atoms with E-state index in [1.165, 1.54) is 89.9 Å². The average Bonchev–Trinajstić information content (AvgIpc) is 2.55. The summed E-state index contributed by atoms with van der Waals surface area (Å²) in [6, 6.07) is 0.298. The molecule has 0 rings (SSSR count). The van der Waals surface area contributed by atoms with Gasteiger partial charge < -0.3 is 10.3 Å². The molecule has 2 atom stereocenters. The van der Waals surface area contributed by atoms with Gasteiger partial charge in [0, 0.05) is 0 Å². The van der Waals surface area contributed by atoms with Gasteiger partial charge in [0.05, 0.1) is 12.6 Å². The molecule has 0 saturated carbocycles. The van der Waals surface area contributed by atoms with Crippen LogP contribution in [-0.4, -0.2) is 12.6 Å². The summed E-state index contributed by atoms with van der Waals surface area (Å²) in [5.74, 6) is 0. The largest absolute Gasteiger partial charge is 0.634 e. The smallest absolute Gasteiger partial charge is 0.0843 e. The third-order valence-corrected chi connectivity index (χ3v) is 5.04. The van der Waals surface area contributed by atoms with Gasteiger partial charge in [0.2, 0.25) is 0 Å². The van der Waals surface area contributed by atoms with E-state index >= 15 is 0 Å². The summed E-state index contributed by atoms with van der Waals surface area (Å²) in [5.41, 5.74) is 0. The molecule has 23 heavy (non-hydrogen) atoms. The second-order valence-electron chi connectivity index (χ2n) is 7.50. The third-order valence-electron chi connectivity index (χ3n) is 5.04. The van der Waals surface area contributed by atoms with Crippen molar-refractivity contribution in [3.05, 3.63) is 5.21 Å². The predicted molar refractivity (Wildman–Crippen MR) is 104 cm³/mol. The van der Waals surface area contributed by atoms with E-state index in [1.54, 1.807) is 0 Å². The molecule has 0 bridgehead atoms. The van der Waals surface area contributed by atoms with Crippen LogP contribution in [0.5, 0.6) is 0 Å². The molecule has 1 N–H and O–H groups in total. The molecule has 0 amide bonds. The van der Waals surface area contributed by atoms with Crippen molar-refractivity contribution < 1.29 is 5.06 Å². The van der Waals surface area contributed by atoms with Gasteiger partial charge in [-0.1, -0.05) is 97.3 Å². The molecule has 2 heteroatoms. The van der Waals surface area contributed by atoms with Gasteiger partial charge in [0.1, 0.15) is 0 Å². The van der Waals surface area contributed by atoms with Crippen molar-refractivity contribution in [1.29, 1.82) is 0 Å². The molecule has 0 radical (unpaired) electrons. The van der Waals surface area contributed by atoms with Crippen LogP contribution in [0.2, 0.25) is 0 Å². The molecule has 0 aliphatic carbocycles. The Morgan fingerprint density at radius 3 is 1.39 bits per heavy atom. The maximum atomic E-state index is 11.7. The Hall–Kier alpha value is -0.0800. The Morgan fingerprint density at radius 1 is 0.609 bits per heavy atom. The molecule has 0 aromatic carbocycles. The minimum Gasteiger partial charge on any atom is -0.634 e. The second-order valence-corrected chi connectivity index (χ2v) is 7.50. The zero-order valence-electron chi connectivity index (χ0n) is 16.5. The lowest BCUT2D eigenvalue weighted by Gasteiger charge is -2.28. The Kier molecular flexibility index (Phi) is 18.2. The van der Waals surface area contributed by atoms with Gasteiger partial charge in [-0.05, 0) is 26.2 Å². The number of nitrogens with one attached hydrogen (secondary N) is 1. The van der Waals surface area contributed by atoms with Gasteiger partial charge in [0.15, 0.2) is 0 Å². The molecule has 0 fully saturated rings. The highest BCUT2D eigenvalue weighted by Gasteiger charge is 2.07. The molecule has 0 aliphatic heterocycles. The van der Waals surface area contributed by atoms with Crippen LogP contribution >= 0.6 is 0 Å². The van der Waals surface area contributed by atoms with E-state index in [4.69, 9.17) is 0 Å². The first-order valence-corrected chi connectivity index (χ1v) is 10.7. The lowest BCUT2D eigenvalue weighted by molar-refractivity contribution is -0.873. The molecule has 0 saturated heterocycles. The summed E-state index contributed by atoms with van der Waals surface area (Å²) >= 11 is 0. The zero-order chi connectivity index (χ0) is 17.2. The highest BCUT2D eigenvalue weighted by atomic mass is 16.5. The summed E-state index contributed by atoms with van der Waals surface area (Å²) in [4.78, 5) is 0. The van der Waals surface area contributed by atoms with E-state index in [0.29, 0.717) is 11.1 Å². The third kappa shape index (κ3) is 16.6. The lowest BCUT2D eigenvalue weighted by atomic mass is 10.0. The highest BCUT2D eigenvalue weighted by Crippen LogP contribution is 2.13. The Balaban J connectivity index is 3.13. The minimum absolute atomic E-state index is 0.298. The first kappa shape index (κ1) is 22.9. The fourth-order valence-electron chi connectivity index (χ4n) is 3.30. The van der Waals surface area contributed by atoms with Crippen molar-refractivity contribution in [3.63, 3.8) is 0 Å². The zero-order valence-corrected chi connectivity index (χ0v) is 16.5. The number of hydroxylamine groups is 2. The van der Waals surface area contributed by atoms with Crippen molar-refractivity contribution in [3.8, 4) is 0 Å². The van der Waals surface area contributed by atoms with Crippen LogP contribution in [0.3, 0.4) is 0 Å². The molecule has 0 aromatic rings. The Bertz CT molecular complexity index is 220. The number of unbranched alkanes of at least 4 members (excludes halogenated alkanes) is 13. The van der Waals surface area contributed by atoms with Gasteiger partial charge in [-0.3, -0.25) is 0 Å². The molecule has 2 nitrogen and oxygen atoms in total. The maximum Gasteiger partial charge on any atom is 0.0843 e. The van der Waals surface area contributed by atoms with Gasteiger partial charge in [0.25, 0.3) is 0 Å². The summed E-state index contributed by atoms with van der Waals surface area (Å²) in [6.45, 7) is 7.27. The fourth-order valence-corrected chi connectivity index (χ4v) is 3.30. The molecule has 2 unspecified atom stereocenters. The van der Waals surface area contributed by atoms with Crippen LogP contribution in [0.1, 0.15) is 124 Å². The van der Waals surface area contributed by atoms with Gasteiger partial charge in [-0.2, -0.15) is 0 Å². The van der Waals surface area contributed by atoms with Crippen LogP contribution in [0.15, 0.2) is 0 Å². The average molecular weight is 328 g/mol. The number of hydrogen-bond donors (Lipinski definition) is 1. The number of rotatable bonds is 18.